The quantitative estimate of drug-likeness (QED) is 0.441. The van der Waals surface area contributed by atoms with Gasteiger partial charge in [-0.05, 0) is 0 Å². The third-order valence-electron chi connectivity index (χ3n) is 1.63. The van der Waals surface area contributed by atoms with Gasteiger partial charge in [-0.1, -0.05) is 6.07 Å². The number of hydrogen-bond donors (Lipinski definition) is 0. The van der Waals surface area contributed by atoms with Crippen LogP contribution in [-0.2, 0) is 27.0 Å². The minimum Gasteiger partial charge on any atom is -0.231 e. The van der Waals surface area contributed by atoms with Crippen molar-refractivity contribution in [1.82, 2.24) is 0 Å². The first kappa shape index (κ1) is 13.0. The summed E-state index contributed by atoms with van der Waals surface area (Å²) in [7, 11) is -11.2. The van der Waals surface area contributed by atoms with Crippen molar-refractivity contribution < 1.29 is 29.2 Å². The molecule has 16 heavy (non-hydrogen) atoms. The van der Waals surface area contributed by atoms with Gasteiger partial charge in [-0.25, -0.2) is 21.4 Å². The molecule has 90 valence electrons. The Morgan fingerprint density at radius 3 is 1.75 bits per heavy atom. The Labute approximate surface area is 91.8 Å². The van der Waals surface area contributed by atoms with Crippen LogP contribution < -0.4 is 4.57 Å². The average molecular weight is 271 g/mol. The first-order chi connectivity index (χ1) is 7.21. The zero-order valence-corrected chi connectivity index (χ0v) is 9.38. The highest BCUT2D eigenvalue weighted by atomic mass is 32.3. The fourth-order valence-electron chi connectivity index (χ4n) is 0.962. The molecule has 5 nitrogen and oxygen atoms in total. The molecule has 0 aliphatic heterocycles. The lowest BCUT2D eigenvalue weighted by atomic mass is 10.5. The van der Waals surface area contributed by atoms with E-state index in [1.54, 1.807) is 6.07 Å². The molecule has 1 heterocycles. The van der Waals surface area contributed by atoms with Gasteiger partial charge in [0.05, 0.1) is 6.54 Å². The maximum absolute atomic E-state index is 12.5. The van der Waals surface area contributed by atoms with E-state index in [0.717, 1.165) is 4.57 Å². The number of nitrogens with zero attached hydrogens (tertiary/aromatic N) is 1. The first-order valence-electron chi connectivity index (χ1n) is 3.90. The summed E-state index contributed by atoms with van der Waals surface area (Å²) in [6.45, 7) is -0.918. The average Bonchev–Trinajstić information content (AvgIpc) is 2.12. The van der Waals surface area contributed by atoms with Crippen LogP contribution in [0.3, 0.4) is 0 Å². The van der Waals surface area contributed by atoms with Gasteiger partial charge in [0.2, 0.25) is 20.4 Å². The highest BCUT2D eigenvalue weighted by Crippen LogP contribution is 2.21. The summed E-state index contributed by atoms with van der Waals surface area (Å²) >= 11 is 0. The van der Waals surface area contributed by atoms with Crippen molar-refractivity contribution in [1.29, 1.82) is 0 Å². The van der Waals surface area contributed by atoms with Gasteiger partial charge >= 0.3 is 0 Å². The number of halogens is 2. The molecule has 1 aromatic rings. The highest BCUT2D eigenvalue weighted by molar-refractivity contribution is 8.08. The van der Waals surface area contributed by atoms with E-state index < -0.39 is 31.6 Å². The van der Waals surface area contributed by atoms with Crippen molar-refractivity contribution in [3.63, 3.8) is 0 Å². The van der Waals surface area contributed by atoms with Crippen molar-refractivity contribution in [3.05, 3.63) is 35.2 Å². The Balaban J connectivity index is 3.08. The Morgan fingerprint density at radius 2 is 1.38 bits per heavy atom. The van der Waals surface area contributed by atoms with Crippen molar-refractivity contribution in [2.45, 2.75) is 6.54 Å². The topological polar surface area (TPSA) is 72.2 Å². The van der Waals surface area contributed by atoms with Crippen LogP contribution in [0.5, 0.6) is 0 Å². The van der Waals surface area contributed by atoms with Crippen molar-refractivity contribution in [2.75, 3.05) is 0 Å². The third-order valence-corrected chi connectivity index (χ3v) is 4.17. The lowest BCUT2D eigenvalue weighted by molar-refractivity contribution is -0.689. The van der Waals surface area contributed by atoms with E-state index >= 15 is 0 Å². The van der Waals surface area contributed by atoms with Crippen LogP contribution >= 0.6 is 0 Å². The van der Waals surface area contributed by atoms with Gasteiger partial charge < -0.3 is 0 Å². The Kier molecular flexibility index (Phi) is 3.58. The second-order valence-electron chi connectivity index (χ2n) is 2.80. The van der Waals surface area contributed by atoms with E-state index in [9.17, 15) is 24.6 Å². The maximum Gasteiger partial charge on any atom is 0.200 e. The number of aromatic nitrogens is 1. The van der Waals surface area contributed by atoms with Gasteiger partial charge in [-0.15, -0.1) is 7.77 Å². The van der Waals surface area contributed by atoms with E-state index in [1.807, 2.05) is 0 Å². The molecule has 0 fully saturated rings. The predicted molar refractivity (Wildman–Crippen MR) is 49.9 cm³/mol. The smallest absolute Gasteiger partial charge is 0.200 e. The van der Waals surface area contributed by atoms with E-state index in [-0.39, 0.29) is 0 Å². The molecule has 0 atom stereocenters. The zero-order chi connectivity index (χ0) is 12.4. The van der Waals surface area contributed by atoms with Crippen LogP contribution in [0.2, 0.25) is 0 Å². The minimum absolute atomic E-state index is 0.918. The van der Waals surface area contributed by atoms with E-state index in [1.165, 1.54) is 24.5 Å². The summed E-state index contributed by atoms with van der Waals surface area (Å²) in [5.41, 5.74) is 0. The molecular weight excluding hydrogens is 264 g/mol. The maximum atomic E-state index is 12.5. The number of hydrogen-bond acceptors (Lipinski definition) is 4. The van der Waals surface area contributed by atoms with Crippen LogP contribution in [-0.4, -0.2) is 16.8 Å². The van der Waals surface area contributed by atoms with Crippen LogP contribution in [0.25, 0.3) is 0 Å². The third kappa shape index (κ3) is 3.49. The Morgan fingerprint density at radius 1 is 0.938 bits per heavy atom. The van der Waals surface area contributed by atoms with Gasteiger partial charge in [0.15, 0.2) is 12.4 Å². The van der Waals surface area contributed by atoms with Gasteiger partial charge in [-0.2, -0.15) is 0 Å². The van der Waals surface area contributed by atoms with Crippen molar-refractivity contribution >= 4 is 20.4 Å². The molecule has 0 aliphatic carbocycles. The molecule has 0 N–H and O–H groups in total. The van der Waals surface area contributed by atoms with Gasteiger partial charge in [0, 0.05) is 16.7 Å². The molecule has 0 radical (unpaired) electrons. The molecular formula is C7H7F2NO4S2. The lowest BCUT2D eigenvalue weighted by Crippen LogP contribution is -2.39. The summed E-state index contributed by atoms with van der Waals surface area (Å²) in [6, 6.07) is 4.48. The summed E-state index contributed by atoms with van der Waals surface area (Å²) in [5.74, 6) is 0. The normalized spacial score (nSPS) is 12.9. The summed E-state index contributed by atoms with van der Waals surface area (Å²) in [6.07, 6.45) is 2.55. The number of pyridine rings is 1. The second-order valence-corrected chi connectivity index (χ2v) is 5.79. The highest BCUT2D eigenvalue weighted by Gasteiger charge is 2.27. The second kappa shape index (κ2) is 4.42. The molecule has 0 bridgehead atoms. The summed E-state index contributed by atoms with van der Waals surface area (Å²) < 4.78 is 66.1. The molecule has 0 saturated heterocycles. The van der Waals surface area contributed by atoms with Crippen LogP contribution in [0.1, 0.15) is 0 Å². The van der Waals surface area contributed by atoms with E-state index in [4.69, 9.17) is 0 Å². The van der Waals surface area contributed by atoms with Gasteiger partial charge in [-0.3, -0.25) is 0 Å². The molecule has 0 spiro atoms. The van der Waals surface area contributed by atoms with Crippen LogP contribution in [0.4, 0.5) is 7.77 Å². The largest absolute Gasteiger partial charge is 0.231 e. The van der Waals surface area contributed by atoms with Crippen LogP contribution in [0.15, 0.2) is 30.6 Å². The van der Waals surface area contributed by atoms with E-state index in [0.29, 0.717) is 0 Å². The van der Waals surface area contributed by atoms with Crippen molar-refractivity contribution in [3.8, 4) is 0 Å². The molecule has 0 saturated carbocycles. The summed E-state index contributed by atoms with van der Waals surface area (Å²) in [4.78, 5) is 0. The molecule has 1 rings (SSSR count). The zero-order valence-electron chi connectivity index (χ0n) is 7.75. The van der Waals surface area contributed by atoms with Gasteiger partial charge in [0.25, 0.3) is 0 Å². The SMILES string of the molecule is O=S(=O)(F)[C-](C[n+]1ccccc1)S(=O)(=O)F. The lowest BCUT2D eigenvalue weighted by Gasteiger charge is -2.15. The molecule has 0 aliphatic rings. The molecule has 0 unspecified atom stereocenters. The fraction of sp³-hybridized carbons (Fsp3) is 0.143. The minimum atomic E-state index is -5.59. The predicted octanol–water partition coefficient (Wildman–Crippen LogP) is 0.0622. The molecule has 0 aromatic carbocycles. The standard InChI is InChI=1S/C7H7F2NO4S2/c8-15(11,12)7(16(9,13)14)6-10-4-2-1-3-5-10/h1-5H,6H2. The van der Waals surface area contributed by atoms with Gasteiger partial charge in [0.1, 0.15) is 0 Å². The van der Waals surface area contributed by atoms with Crippen LogP contribution in [0, 0.1) is 4.58 Å². The Hall–Kier alpha value is -1.09. The monoisotopic (exact) mass is 271 g/mol. The first-order valence-corrected chi connectivity index (χ1v) is 6.67. The molecule has 9 heteroatoms. The molecule has 1 aromatic heterocycles. The summed E-state index contributed by atoms with van der Waals surface area (Å²) in [5, 5.41) is 0. The van der Waals surface area contributed by atoms with Crippen molar-refractivity contribution in [2.24, 2.45) is 0 Å². The number of rotatable bonds is 4. The molecule has 0 amide bonds. The Bertz CT molecular complexity index is 523. The van der Waals surface area contributed by atoms with E-state index in [2.05, 4.69) is 0 Å². The fourth-order valence-corrected chi connectivity index (χ4v) is 2.52.